The van der Waals surface area contributed by atoms with Crippen LogP contribution in [0.25, 0.3) is 0 Å². The second-order valence-electron chi connectivity index (χ2n) is 3.98. The van der Waals surface area contributed by atoms with Crippen molar-refractivity contribution in [2.24, 2.45) is 0 Å². The van der Waals surface area contributed by atoms with Gasteiger partial charge < -0.3 is 15.2 Å². The maximum atomic E-state index is 11.0. The molecule has 0 saturated heterocycles. The zero-order chi connectivity index (χ0) is 12.8. The van der Waals surface area contributed by atoms with E-state index in [9.17, 15) is 4.79 Å². The van der Waals surface area contributed by atoms with E-state index < -0.39 is 6.09 Å². The minimum atomic E-state index is -0.440. The molecule has 0 heterocycles. The summed E-state index contributed by atoms with van der Waals surface area (Å²) in [6, 6.07) is 0. The molecule has 2 N–H and O–H groups in total. The summed E-state index contributed by atoms with van der Waals surface area (Å²) in [4.78, 5) is 11.0. The van der Waals surface area contributed by atoms with Crippen LogP contribution in [0.1, 0.15) is 44.9 Å². The fourth-order valence-corrected chi connectivity index (χ4v) is 1.50. The molecule has 0 aliphatic rings. The van der Waals surface area contributed by atoms with E-state index in [4.69, 9.17) is 5.11 Å². The zero-order valence-electron chi connectivity index (χ0n) is 10.6. The van der Waals surface area contributed by atoms with Gasteiger partial charge in [0.2, 0.25) is 0 Å². The third kappa shape index (κ3) is 12.9. The molecular formula is C13H25NO3. The molecule has 0 aliphatic heterocycles. The van der Waals surface area contributed by atoms with Crippen molar-refractivity contribution in [1.29, 1.82) is 0 Å². The molecule has 17 heavy (non-hydrogen) atoms. The molecule has 0 saturated carbocycles. The quantitative estimate of drug-likeness (QED) is 0.433. The minimum absolute atomic E-state index is 0.0646. The first-order valence-electron chi connectivity index (χ1n) is 6.43. The van der Waals surface area contributed by atoms with Crippen molar-refractivity contribution in [3.63, 3.8) is 0 Å². The Hall–Kier alpha value is -1.03. The van der Waals surface area contributed by atoms with Gasteiger partial charge in [-0.2, -0.15) is 0 Å². The number of ether oxygens (including phenoxy) is 1. The molecule has 0 unspecified atom stereocenters. The average molecular weight is 243 g/mol. The topological polar surface area (TPSA) is 58.6 Å². The predicted molar refractivity (Wildman–Crippen MR) is 69.0 cm³/mol. The van der Waals surface area contributed by atoms with Crippen LogP contribution in [-0.2, 0) is 4.74 Å². The Morgan fingerprint density at radius 3 is 2.47 bits per heavy atom. The van der Waals surface area contributed by atoms with Gasteiger partial charge in [-0.05, 0) is 19.3 Å². The summed E-state index contributed by atoms with van der Waals surface area (Å²) in [6.45, 7) is 4.28. The highest BCUT2D eigenvalue weighted by Gasteiger charge is 1.99. The number of hydrogen-bond donors (Lipinski definition) is 2. The number of carbonyl (C=O) groups is 1. The van der Waals surface area contributed by atoms with Crippen LogP contribution in [0.5, 0.6) is 0 Å². The molecule has 100 valence electrons. The van der Waals surface area contributed by atoms with Crippen LogP contribution in [-0.4, -0.2) is 31.0 Å². The van der Waals surface area contributed by atoms with Gasteiger partial charge in [0.25, 0.3) is 0 Å². The predicted octanol–water partition coefficient (Wildman–Crippen LogP) is 2.62. The van der Waals surface area contributed by atoms with Crippen molar-refractivity contribution >= 4 is 6.09 Å². The fourth-order valence-electron chi connectivity index (χ4n) is 1.50. The van der Waals surface area contributed by atoms with Gasteiger partial charge in [0.1, 0.15) is 6.61 Å². The number of amides is 1. The Morgan fingerprint density at radius 2 is 1.82 bits per heavy atom. The van der Waals surface area contributed by atoms with E-state index in [1.807, 2.05) is 6.08 Å². The van der Waals surface area contributed by atoms with Gasteiger partial charge in [-0.25, -0.2) is 4.79 Å². The molecule has 4 nitrogen and oxygen atoms in total. The third-order valence-electron chi connectivity index (χ3n) is 2.43. The molecule has 0 aromatic rings. The summed E-state index contributed by atoms with van der Waals surface area (Å²) < 4.78 is 4.65. The number of alkyl carbamates (subject to hydrolysis) is 1. The maximum Gasteiger partial charge on any atom is 0.407 e. The van der Waals surface area contributed by atoms with Crippen LogP contribution in [0.3, 0.4) is 0 Å². The monoisotopic (exact) mass is 243 g/mol. The molecule has 4 heteroatoms. The Labute approximate surface area is 104 Å². The Kier molecular flexibility index (Phi) is 12.2. The van der Waals surface area contributed by atoms with Gasteiger partial charge in [0.05, 0.1) is 6.61 Å². The highest BCUT2D eigenvalue weighted by Crippen LogP contribution is 2.06. The molecule has 0 aliphatic carbocycles. The van der Waals surface area contributed by atoms with E-state index in [0.29, 0.717) is 6.54 Å². The van der Waals surface area contributed by atoms with E-state index in [1.165, 1.54) is 25.7 Å². The van der Waals surface area contributed by atoms with Crippen LogP contribution in [0, 0.1) is 0 Å². The van der Waals surface area contributed by atoms with Gasteiger partial charge in [-0.1, -0.05) is 31.8 Å². The van der Waals surface area contributed by atoms with Crippen LogP contribution < -0.4 is 5.32 Å². The average Bonchev–Trinajstić information content (AvgIpc) is 2.34. The zero-order valence-corrected chi connectivity index (χ0v) is 10.6. The van der Waals surface area contributed by atoms with E-state index in [1.54, 1.807) is 0 Å². The Balaban J connectivity index is 3.07. The number of nitrogens with one attached hydrogen (secondary N) is 1. The van der Waals surface area contributed by atoms with E-state index in [-0.39, 0.29) is 13.2 Å². The van der Waals surface area contributed by atoms with Gasteiger partial charge in [-0.3, -0.25) is 0 Å². The number of unbranched alkanes of at least 4 members (excludes halogenated alkanes) is 6. The van der Waals surface area contributed by atoms with Crippen LogP contribution in [0.15, 0.2) is 12.7 Å². The summed E-state index contributed by atoms with van der Waals surface area (Å²) in [6.07, 6.45) is 9.70. The number of hydrogen-bond acceptors (Lipinski definition) is 3. The lowest BCUT2D eigenvalue weighted by Crippen LogP contribution is -2.26. The molecule has 1 amide bonds. The van der Waals surface area contributed by atoms with Crippen molar-refractivity contribution in [2.45, 2.75) is 44.9 Å². The number of aliphatic hydroxyl groups excluding tert-OH is 1. The molecule has 0 aromatic carbocycles. The number of allylic oxidation sites excluding steroid dienone is 1. The van der Waals surface area contributed by atoms with Crippen molar-refractivity contribution in [2.75, 3.05) is 19.8 Å². The van der Waals surface area contributed by atoms with Gasteiger partial charge in [-0.15, -0.1) is 6.58 Å². The Bertz CT molecular complexity index is 195. The molecule has 0 spiro atoms. The third-order valence-corrected chi connectivity index (χ3v) is 2.43. The van der Waals surface area contributed by atoms with Crippen LogP contribution in [0.2, 0.25) is 0 Å². The molecule has 0 bridgehead atoms. The molecular weight excluding hydrogens is 218 g/mol. The minimum Gasteiger partial charge on any atom is -0.447 e. The first-order chi connectivity index (χ1) is 8.31. The summed E-state index contributed by atoms with van der Waals surface area (Å²) in [5, 5.41) is 11.1. The number of aliphatic hydroxyl groups is 1. The highest BCUT2D eigenvalue weighted by molar-refractivity contribution is 5.66. The lowest BCUT2D eigenvalue weighted by atomic mass is 10.1. The van der Waals surface area contributed by atoms with Crippen LogP contribution >= 0.6 is 0 Å². The smallest absolute Gasteiger partial charge is 0.407 e. The summed E-state index contributed by atoms with van der Waals surface area (Å²) in [5.74, 6) is 0. The first kappa shape index (κ1) is 16.0. The first-order valence-corrected chi connectivity index (χ1v) is 6.43. The standard InChI is InChI=1S/C13H25NO3/c1-2-3-4-5-6-7-8-9-10-14-13(16)17-12-11-15/h2,15H,1,3-12H2,(H,14,16). The Morgan fingerprint density at radius 1 is 1.18 bits per heavy atom. The molecule has 0 atom stereocenters. The normalized spacial score (nSPS) is 9.94. The van der Waals surface area contributed by atoms with Crippen molar-refractivity contribution in [1.82, 2.24) is 5.32 Å². The summed E-state index contributed by atoms with van der Waals surface area (Å²) in [5.41, 5.74) is 0. The maximum absolute atomic E-state index is 11.0. The van der Waals surface area contributed by atoms with Crippen molar-refractivity contribution < 1.29 is 14.6 Å². The number of carbonyl (C=O) groups excluding carboxylic acids is 1. The fraction of sp³-hybridized carbons (Fsp3) is 0.769. The number of rotatable bonds is 11. The molecule has 0 rings (SSSR count). The van der Waals surface area contributed by atoms with Crippen molar-refractivity contribution in [3.05, 3.63) is 12.7 Å². The van der Waals surface area contributed by atoms with E-state index >= 15 is 0 Å². The van der Waals surface area contributed by atoms with Gasteiger partial charge in [0, 0.05) is 6.54 Å². The van der Waals surface area contributed by atoms with Crippen LogP contribution in [0.4, 0.5) is 4.79 Å². The molecule has 0 radical (unpaired) electrons. The van der Waals surface area contributed by atoms with Gasteiger partial charge >= 0.3 is 6.09 Å². The highest BCUT2D eigenvalue weighted by atomic mass is 16.6. The second-order valence-corrected chi connectivity index (χ2v) is 3.98. The lowest BCUT2D eigenvalue weighted by molar-refractivity contribution is 0.119. The molecule has 0 fully saturated rings. The lowest BCUT2D eigenvalue weighted by Gasteiger charge is -2.05. The van der Waals surface area contributed by atoms with Crippen molar-refractivity contribution in [3.8, 4) is 0 Å². The van der Waals surface area contributed by atoms with E-state index in [2.05, 4.69) is 16.6 Å². The largest absolute Gasteiger partial charge is 0.447 e. The summed E-state index contributed by atoms with van der Waals surface area (Å²) >= 11 is 0. The summed E-state index contributed by atoms with van der Waals surface area (Å²) in [7, 11) is 0. The second kappa shape index (κ2) is 13.0. The van der Waals surface area contributed by atoms with Gasteiger partial charge in [0.15, 0.2) is 0 Å². The SMILES string of the molecule is C=CCCCCCCCCNC(=O)OCCO. The van der Waals surface area contributed by atoms with E-state index in [0.717, 1.165) is 19.3 Å². The molecule has 0 aromatic heterocycles.